The summed E-state index contributed by atoms with van der Waals surface area (Å²) >= 11 is 0. The summed E-state index contributed by atoms with van der Waals surface area (Å²) in [6.07, 6.45) is 0. The highest BCUT2D eigenvalue weighted by Crippen LogP contribution is 2.31. The van der Waals surface area contributed by atoms with Crippen LogP contribution in [0.5, 0.6) is 0 Å². The van der Waals surface area contributed by atoms with E-state index in [-0.39, 0.29) is 17.7 Å². The van der Waals surface area contributed by atoms with E-state index in [4.69, 9.17) is 28.4 Å². The van der Waals surface area contributed by atoms with Crippen LogP contribution in [0.3, 0.4) is 0 Å². The Labute approximate surface area is 162 Å². The summed E-state index contributed by atoms with van der Waals surface area (Å²) < 4.78 is 32.6. The Morgan fingerprint density at radius 2 is 0.680 bits per heavy atom. The van der Waals surface area contributed by atoms with Crippen LogP contribution in [0.15, 0.2) is 0 Å². The molecule has 3 atom stereocenters. The smallest absolute Gasteiger partial charge is 0.136 e. The first-order valence-electron chi connectivity index (χ1n) is 8.19. The molecule has 145 valence electrons. The normalized spacial score (nSPS) is 16.2. The second-order valence-electron chi connectivity index (χ2n) is 5.58. The Kier molecular flexibility index (Phi) is 15.0. The molecule has 0 aromatic carbocycles. The van der Waals surface area contributed by atoms with Gasteiger partial charge in [0.25, 0.3) is 0 Å². The van der Waals surface area contributed by atoms with Crippen LogP contribution in [0.4, 0.5) is 0 Å². The molecule has 0 N–H and O–H groups in total. The fraction of sp³-hybridized carbons (Fsp3) is 1.00. The molecule has 0 saturated carbocycles. The Hall–Kier alpha value is 0.628. The molecular formula is C15H33O6Si4. The topological polar surface area (TPSA) is 55.4 Å². The highest BCUT2D eigenvalue weighted by Gasteiger charge is 2.36. The lowest BCUT2D eigenvalue weighted by Gasteiger charge is -2.35. The van der Waals surface area contributed by atoms with E-state index in [1.807, 2.05) is 0 Å². The summed E-state index contributed by atoms with van der Waals surface area (Å²) in [6.45, 7) is 6.97. The molecule has 0 heterocycles. The minimum atomic E-state index is -0.765. The summed E-state index contributed by atoms with van der Waals surface area (Å²) in [7, 11) is 11.3. The van der Waals surface area contributed by atoms with Gasteiger partial charge in [-0.25, -0.2) is 0 Å². The third-order valence-electron chi connectivity index (χ3n) is 3.94. The lowest BCUT2D eigenvalue weighted by atomic mass is 10.9. The Morgan fingerprint density at radius 3 is 0.840 bits per heavy atom. The van der Waals surface area contributed by atoms with Gasteiger partial charge in [-0.1, -0.05) is 36.3 Å². The quantitative estimate of drug-likeness (QED) is 0.294. The van der Waals surface area contributed by atoms with Crippen molar-refractivity contribution >= 4 is 37.4 Å². The maximum atomic E-state index is 5.44. The zero-order valence-electron chi connectivity index (χ0n) is 16.9. The maximum absolute atomic E-state index is 5.44. The molecule has 0 aliphatic rings. The van der Waals surface area contributed by atoms with Crippen LogP contribution >= 0.6 is 0 Å². The van der Waals surface area contributed by atoms with Crippen LogP contribution < -0.4 is 0 Å². The molecule has 0 spiro atoms. The lowest BCUT2D eigenvalue weighted by Crippen LogP contribution is -2.44. The van der Waals surface area contributed by atoms with Crippen molar-refractivity contribution in [2.75, 3.05) is 42.7 Å². The number of rotatable bonds is 15. The molecule has 0 fully saturated rings. The van der Waals surface area contributed by atoms with Gasteiger partial charge in [0.1, 0.15) is 46.3 Å². The second kappa shape index (κ2) is 14.7. The average Bonchev–Trinajstić information content (AvgIpc) is 2.61. The van der Waals surface area contributed by atoms with Gasteiger partial charge in [-0.2, -0.15) is 0 Å². The lowest BCUT2D eigenvalue weighted by molar-refractivity contribution is -0.0446. The van der Waals surface area contributed by atoms with Crippen LogP contribution in [0.2, 0.25) is 15.5 Å². The number of hydrogen-bond acceptors (Lipinski definition) is 6. The van der Waals surface area contributed by atoms with Gasteiger partial charge in [-0.3, -0.25) is 0 Å². The third-order valence-corrected chi connectivity index (χ3v) is 15.2. The van der Waals surface area contributed by atoms with Crippen LogP contribution in [0.25, 0.3) is 0 Å². The first-order valence-corrected chi connectivity index (χ1v) is 13.4. The van der Waals surface area contributed by atoms with Crippen LogP contribution in [0, 0.1) is 0 Å². The van der Waals surface area contributed by atoms with Gasteiger partial charge < -0.3 is 28.4 Å². The highest BCUT2D eigenvalue weighted by molar-refractivity contribution is 6.86. The number of methoxy groups -OCH3 is 6. The van der Waals surface area contributed by atoms with E-state index in [0.29, 0.717) is 44.1 Å². The molecule has 0 bridgehead atoms. The van der Waals surface area contributed by atoms with Crippen molar-refractivity contribution in [3.8, 4) is 0 Å². The minimum Gasteiger partial charge on any atom is -0.360 e. The number of ether oxygens (including phenoxy) is 6. The highest BCUT2D eigenvalue weighted by atomic mass is 28.4. The van der Waals surface area contributed by atoms with E-state index in [2.05, 4.69) is 20.8 Å². The van der Waals surface area contributed by atoms with Gasteiger partial charge in [0, 0.05) is 51.5 Å². The second-order valence-corrected chi connectivity index (χ2v) is 15.9. The summed E-state index contributed by atoms with van der Waals surface area (Å²) in [5.41, 5.74) is 0. The van der Waals surface area contributed by atoms with Gasteiger partial charge in [0.15, 0.2) is 0 Å². The summed E-state index contributed by atoms with van der Waals surface area (Å²) in [6, 6.07) is 0. The Morgan fingerprint density at radius 1 is 0.480 bits per heavy atom. The van der Waals surface area contributed by atoms with E-state index >= 15 is 0 Å². The molecule has 7 radical (unpaired) electrons. The monoisotopic (exact) mass is 421 g/mol. The van der Waals surface area contributed by atoms with E-state index in [0.717, 1.165) is 0 Å². The standard InChI is InChI=1S/C15H33O6Si4/c1-10(22-13(16-4)17-5)25(11(2)23-14(18-6)19-7)12(3)24-15(20-8)21-9/h10-15H,1-9H3. The maximum Gasteiger partial charge on any atom is 0.136 e. The van der Waals surface area contributed by atoms with Crippen molar-refractivity contribution in [3.63, 3.8) is 0 Å². The predicted molar refractivity (Wildman–Crippen MR) is 105 cm³/mol. The first kappa shape index (κ1) is 25.6. The fourth-order valence-electron chi connectivity index (χ4n) is 2.72. The average molecular weight is 422 g/mol. The predicted octanol–water partition coefficient (Wildman–Crippen LogP) is 1.37. The van der Waals surface area contributed by atoms with E-state index < -0.39 is 8.80 Å². The van der Waals surface area contributed by atoms with Gasteiger partial charge in [-0.05, 0) is 0 Å². The van der Waals surface area contributed by atoms with Gasteiger partial charge in [0.05, 0.1) is 0 Å². The van der Waals surface area contributed by atoms with Crippen molar-refractivity contribution in [1.29, 1.82) is 0 Å². The molecule has 0 rings (SSSR count). The number of hydrogen-bond donors (Lipinski definition) is 0. The van der Waals surface area contributed by atoms with Crippen molar-refractivity contribution in [3.05, 3.63) is 0 Å². The van der Waals surface area contributed by atoms with Crippen molar-refractivity contribution < 1.29 is 28.4 Å². The summed E-state index contributed by atoms with van der Waals surface area (Å²) in [5.74, 6) is -0.410. The van der Waals surface area contributed by atoms with Crippen LogP contribution in [-0.4, -0.2) is 97.8 Å². The van der Waals surface area contributed by atoms with Gasteiger partial charge in [-0.15, -0.1) is 0 Å². The molecule has 10 heteroatoms. The summed E-state index contributed by atoms with van der Waals surface area (Å²) in [4.78, 5) is 0. The molecule has 0 aromatic heterocycles. The fourth-order valence-corrected chi connectivity index (χ4v) is 16.5. The molecule has 3 unspecified atom stereocenters. The zero-order valence-corrected chi connectivity index (χ0v) is 20.9. The minimum absolute atomic E-state index is 0.137. The van der Waals surface area contributed by atoms with Crippen LogP contribution in [-0.2, 0) is 28.4 Å². The van der Waals surface area contributed by atoms with Crippen LogP contribution in [0.1, 0.15) is 20.8 Å². The van der Waals surface area contributed by atoms with E-state index in [9.17, 15) is 0 Å². The molecule has 0 saturated heterocycles. The molecule has 0 aliphatic carbocycles. The van der Waals surface area contributed by atoms with Gasteiger partial charge in [0.2, 0.25) is 0 Å². The van der Waals surface area contributed by atoms with Crippen molar-refractivity contribution in [2.24, 2.45) is 0 Å². The third kappa shape index (κ3) is 9.40. The first-order chi connectivity index (χ1) is 11.9. The Balaban J connectivity index is 5.18. The molecular weight excluding hydrogens is 389 g/mol. The van der Waals surface area contributed by atoms with Crippen molar-refractivity contribution in [2.45, 2.75) is 54.0 Å². The molecule has 6 nitrogen and oxygen atoms in total. The van der Waals surface area contributed by atoms with Crippen molar-refractivity contribution in [1.82, 2.24) is 0 Å². The zero-order chi connectivity index (χ0) is 19.4. The molecule has 0 aliphatic heterocycles. The molecule has 25 heavy (non-hydrogen) atoms. The largest absolute Gasteiger partial charge is 0.360 e. The van der Waals surface area contributed by atoms with E-state index in [1.54, 1.807) is 42.7 Å². The molecule has 0 amide bonds. The SMILES string of the molecule is COC(OC)[Si]C(C)[Si](C(C)[Si]C(OC)OC)C(C)[Si]C(OC)OC. The molecule has 0 aromatic rings. The van der Waals surface area contributed by atoms with E-state index in [1.165, 1.54) is 0 Å². The summed E-state index contributed by atoms with van der Waals surface area (Å²) in [5, 5.41) is 1.64. The van der Waals surface area contributed by atoms with Gasteiger partial charge >= 0.3 is 0 Å². The Bertz CT molecular complexity index is 269.